The maximum atomic E-state index is 12.1. The Balaban J connectivity index is 2.07. The van der Waals surface area contributed by atoms with Crippen LogP contribution in [0.2, 0.25) is 0 Å². The Morgan fingerprint density at radius 3 is 2.44 bits per heavy atom. The predicted molar refractivity (Wildman–Crippen MR) is 61.7 cm³/mol. The Bertz CT molecular complexity index is 373. The lowest BCUT2D eigenvalue weighted by Gasteiger charge is -2.10. The zero-order valence-electron chi connectivity index (χ0n) is 9.37. The molecule has 0 spiro atoms. The summed E-state index contributed by atoms with van der Waals surface area (Å²) in [4.78, 5) is 25.5. The van der Waals surface area contributed by atoms with E-state index < -0.39 is 0 Å². The molecular formula is C13H17NO2. The van der Waals surface area contributed by atoms with Gasteiger partial charge in [0.05, 0.1) is 11.4 Å². The molecule has 86 valence electrons. The maximum absolute atomic E-state index is 12.1. The first-order chi connectivity index (χ1) is 7.81. The lowest BCUT2D eigenvalue weighted by molar-refractivity contribution is 0.0903. The van der Waals surface area contributed by atoms with E-state index in [1.54, 1.807) is 12.1 Å². The number of aldehydes is 1. The minimum absolute atomic E-state index is 0.153. The summed E-state index contributed by atoms with van der Waals surface area (Å²) in [6.45, 7) is 0. The molecule has 0 amide bonds. The van der Waals surface area contributed by atoms with Gasteiger partial charge in [-0.15, -0.1) is 0 Å². The molecule has 0 aliphatic heterocycles. The Labute approximate surface area is 95.2 Å². The summed E-state index contributed by atoms with van der Waals surface area (Å²) in [5.41, 5.74) is 1.07. The molecule has 1 aromatic rings. The van der Waals surface area contributed by atoms with Crippen LogP contribution in [0.1, 0.15) is 59.5 Å². The average molecular weight is 219 g/mol. The summed E-state index contributed by atoms with van der Waals surface area (Å²) in [6, 6.07) is 3.38. The van der Waals surface area contributed by atoms with Crippen molar-refractivity contribution >= 4 is 12.1 Å². The number of hydrogen-bond donors (Lipinski definition) is 1. The number of aromatic amines is 1. The third-order valence-corrected chi connectivity index (χ3v) is 3.33. The van der Waals surface area contributed by atoms with Gasteiger partial charge >= 0.3 is 0 Å². The number of rotatable bonds is 3. The lowest BCUT2D eigenvalue weighted by atomic mass is 9.94. The molecule has 1 aliphatic carbocycles. The Morgan fingerprint density at radius 2 is 1.88 bits per heavy atom. The number of nitrogens with one attached hydrogen (secondary N) is 1. The van der Waals surface area contributed by atoms with E-state index in [9.17, 15) is 9.59 Å². The van der Waals surface area contributed by atoms with Gasteiger partial charge in [-0.05, 0) is 25.0 Å². The van der Waals surface area contributed by atoms with Crippen LogP contribution in [-0.2, 0) is 0 Å². The van der Waals surface area contributed by atoms with Crippen molar-refractivity contribution in [1.29, 1.82) is 0 Å². The zero-order chi connectivity index (χ0) is 11.4. The summed E-state index contributed by atoms with van der Waals surface area (Å²) >= 11 is 0. The van der Waals surface area contributed by atoms with Crippen molar-refractivity contribution in [2.45, 2.75) is 38.5 Å². The van der Waals surface area contributed by atoms with E-state index in [2.05, 4.69) is 4.98 Å². The average Bonchev–Trinajstić information content (AvgIpc) is 2.62. The molecule has 1 aromatic heterocycles. The quantitative estimate of drug-likeness (QED) is 0.482. The SMILES string of the molecule is O=Cc1ccc(C(=O)C2CCCCCC2)[nH]1. The molecule has 1 aliphatic rings. The molecule has 3 heteroatoms. The van der Waals surface area contributed by atoms with Gasteiger partial charge in [0.15, 0.2) is 12.1 Å². The molecule has 0 saturated heterocycles. The Kier molecular flexibility index (Phi) is 3.54. The second kappa shape index (κ2) is 5.10. The maximum Gasteiger partial charge on any atom is 0.182 e. The summed E-state index contributed by atoms with van der Waals surface area (Å²) in [5, 5.41) is 0. The van der Waals surface area contributed by atoms with Crippen LogP contribution in [0.25, 0.3) is 0 Å². The highest BCUT2D eigenvalue weighted by atomic mass is 16.1. The Morgan fingerprint density at radius 1 is 1.19 bits per heavy atom. The number of Topliss-reactive ketones (excluding diaryl/α,β-unsaturated/α-hetero) is 1. The van der Waals surface area contributed by atoms with Gasteiger partial charge in [0.2, 0.25) is 0 Å². The molecule has 16 heavy (non-hydrogen) atoms. The van der Waals surface area contributed by atoms with Crippen LogP contribution in [0.5, 0.6) is 0 Å². The van der Waals surface area contributed by atoms with E-state index in [0.29, 0.717) is 11.4 Å². The van der Waals surface area contributed by atoms with Gasteiger partial charge in [0.1, 0.15) is 0 Å². The molecule has 1 saturated carbocycles. The summed E-state index contributed by atoms with van der Waals surface area (Å²) in [6.07, 6.45) is 7.52. The van der Waals surface area contributed by atoms with Gasteiger partial charge in [-0.1, -0.05) is 25.7 Å². The number of carbonyl (C=O) groups is 2. The van der Waals surface area contributed by atoms with Crippen molar-refractivity contribution in [3.63, 3.8) is 0 Å². The molecular weight excluding hydrogens is 202 g/mol. The number of hydrogen-bond acceptors (Lipinski definition) is 2. The topological polar surface area (TPSA) is 49.9 Å². The van der Waals surface area contributed by atoms with Gasteiger partial charge in [-0.2, -0.15) is 0 Å². The molecule has 1 N–H and O–H groups in total. The molecule has 0 radical (unpaired) electrons. The standard InChI is InChI=1S/C13H17NO2/c15-9-11-7-8-12(14-11)13(16)10-5-3-1-2-4-6-10/h7-10,14H,1-6H2. The van der Waals surface area contributed by atoms with Gasteiger partial charge in [-0.3, -0.25) is 9.59 Å². The monoisotopic (exact) mass is 219 g/mol. The van der Waals surface area contributed by atoms with Gasteiger partial charge in [-0.25, -0.2) is 0 Å². The molecule has 0 bridgehead atoms. The second-order valence-corrected chi connectivity index (χ2v) is 4.50. The smallest absolute Gasteiger partial charge is 0.182 e. The predicted octanol–water partition coefficient (Wildman–Crippen LogP) is 2.98. The Hall–Kier alpha value is -1.38. The highest BCUT2D eigenvalue weighted by Crippen LogP contribution is 2.25. The number of H-pyrrole nitrogens is 1. The van der Waals surface area contributed by atoms with Crippen molar-refractivity contribution in [3.05, 3.63) is 23.5 Å². The fraction of sp³-hybridized carbons (Fsp3) is 0.538. The number of carbonyl (C=O) groups excluding carboxylic acids is 2. The van der Waals surface area contributed by atoms with Crippen LogP contribution in [0.15, 0.2) is 12.1 Å². The van der Waals surface area contributed by atoms with Crippen molar-refractivity contribution < 1.29 is 9.59 Å². The van der Waals surface area contributed by atoms with Gasteiger partial charge in [0.25, 0.3) is 0 Å². The van der Waals surface area contributed by atoms with E-state index in [4.69, 9.17) is 0 Å². The van der Waals surface area contributed by atoms with E-state index in [-0.39, 0.29) is 11.7 Å². The van der Waals surface area contributed by atoms with Gasteiger partial charge in [0, 0.05) is 5.92 Å². The highest BCUT2D eigenvalue weighted by molar-refractivity contribution is 5.97. The fourth-order valence-corrected chi connectivity index (χ4v) is 2.39. The largest absolute Gasteiger partial charge is 0.350 e. The first-order valence-corrected chi connectivity index (χ1v) is 5.99. The number of aromatic nitrogens is 1. The van der Waals surface area contributed by atoms with E-state index in [1.807, 2.05) is 0 Å². The lowest BCUT2D eigenvalue weighted by Crippen LogP contribution is -2.14. The summed E-state index contributed by atoms with van der Waals surface area (Å²) in [7, 11) is 0. The van der Waals surface area contributed by atoms with Crippen LogP contribution in [0, 0.1) is 5.92 Å². The first-order valence-electron chi connectivity index (χ1n) is 5.99. The van der Waals surface area contributed by atoms with Crippen LogP contribution in [0.3, 0.4) is 0 Å². The molecule has 1 fully saturated rings. The van der Waals surface area contributed by atoms with Crippen molar-refractivity contribution in [1.82, 2.24) is 4.98 Å². The van der Waals surface area contributed by atoms with Crippen molar-refractivity contribution in [3.8, 4) is 0 Å². The van der Waals surface area contributed by atoms with Crippen LogP contribution < -0.4 is 0 Å². The van der Waals surface area contributed by atoms with Crippen molar-refractivity contribution in [2.24, 2.45) is 5.92 Å². The van der Waals surface area contributed by atoms with E-state index in [1.165, 1.54) is 12.8 Å². The molecule has 1 heterocycles. The first kappa shape index (κ1) is 11.1. The van der Waals surface area contributed by atoms with Crippen LogP contribution in [-0.4, -0.2) is 17.1 Å². The second-order valence-electron chi connectivity index (χ2n) is 4.50. The molecule has 2 rings (SSSR count). The molecule has 0 unspecified atom stereocenters. The minimum atomic E-state index is 0.153. The molecule has 0 aromatic carbocycles. The third-order valence-electron chi connectivity index (χ3n) is 3.33. The van der Waals surface area contributed by atoms with E-state index in [0.717, 1.165) is 32.0 Å². The molecule has 0 atom stereocenters. The highest BCUT2D eigenvalue weighted by Gasteiger charge is 2.22. The minimum Gasteiger partial charge on any atom is -0.350 e. The summed E-state index contributed by atoms with van der Waals surface area (Å²) < 4.78 is 0. The number of ketones is 1. The molecule has 3 nitrogen and oxygen atoms in total. The summed E-state index contributed by atoms with van der Waals surface area (Å²) in [5.74, 6) is 0.329. The van der Waals surface area contributed by atoms with Crippen LogP contribution in [0.4, 0.5) is 0 Å². The van der Waals surface area contributed by atoms with Crippen LogP contribution >= 0.6 is 0 Å². The normalized spacial score (nSPS) is 18.0. The van der Waals surface area contributed by atoms with Crippen molar-refractivity contribution in [2.75, 3.05) is 0 Å². The fourth-order valence-electron chi connectivity index (χ4n) is 2.39. The van der Waals surface area contributed by atoms with Gasteiger partial charge < -0.3 is 4.98 Å². The zero-order valence-corrected chi connectivity index (χ0v) is 9.37. The van der Waals surface area contributed by atoms with E-state index >= 15 is 0 Å². The third kappa shape index (κ3) is 2.40.